The fraction of sp³-hybridized carbons (Fsp3) is 0.833. The van der Waals surface area contributed by atoms with Crippen LogP contribution in [0.5, 0.6) is 0 Å². The Morgan fingerprint density at radius 3 is 2.30 bits per heavy atom. The largest absolute Gasteiger partial charge is 0.481 e. The Morgan fingerprint density at radius 1 is 1.50 bits per heavy atom. The number of nitrogens with two attached hydrogens (primary N) is 2. The third-order valence-electron chi connectivity index (χ3n) is 1.43. The van der Waals surface area contributed by atoms with E-state index in [0.717, 1.165) is 0 Å². The first kappa shape index (κ1) is 9.39. The molecule has 0 rings (SSSR count). The standard InChI is InChI=1S/C6H14N2O2/c1-2-4(7)5(8)3-6(9)10/h4-5H,2-3,7-8H2,1H3,(H,9,10)/t4-,5-/m0/s1. The molecule has 0 aliphatic rings. The second-order valence-corrected chi connectivity index (χ2v) is 2.33. The van der Waals surface area contributed by atoms with Gasteiger partial charge < -0.3 is 16.6 Å². The summed E-state index contributed by atoms with van der Waals surface area (Å²) in [5.74, 6) is -0.892. The maximum absolute atomic E-state index is 10.1. The number of carbonyl (C=O) groups is 1. The van der Waals surface area contributed by atoms with Crippen LogP contribution in [0.15, 0.2) is 0 Å². The molecule has 0 aromatic heterocycles. The van der Waals surface area contributed by atoms with Gasteiger partial charge in [-0.1, -0.05) is 6.92 Å². The summed E-state index contributed by atoms with van der Waals surface area (Å²) in [5, 5.41) is 8.29. The predicted molar refractivity (Wildman–Crippen MR) is 38.5 cm³/mol. The summed E-state index contributed by atoms with van der Waals surface area (Å²) in [4.78, 5) is 10.1. The highest BCUT2D eigenvalue weighted by Gasteiger charge is 2.13. The van der Waals surface area contributed by atoms with Gasteiger partial charge in [-0.3, -0.25) is 4.79 Å². The summed E-state index contributed by atoms with van der Waals surface area (Å²) >= 11 is 0. The van der Waals surface area contributed by atoms with Crippen LogP contribution in [0.1, 0.15) is 19.8 Å². The van der Waals surface area contributed by atoms with E-state index >= 15 is 0 Å². The first-order valence-corrected chi connectivity index (χ1v) is 3.30. The van der Waals surface area contributed by atoms with Gasteiger partial charge in [0.25, 0.3) is 0 Å². The first-order valence-electron chi connectivity index (χ1n) is 3.30. The number of carboxylic acid groups (broad SMARTS) is 1. The van der Waals surface area contributed by atoms with E-state index in [4.69, 9.17) is 16.6 Å². The Hall–Kier alpha value is -0.610. The quantitative estimate of drug-likeness (QED) is 0.500. The van der Waals surface area contributed by atoms with Crippen molar-refractivity contribution in [2.24, 2.45) is 11.5 Å². The van der Waals surface area contributed by atoms with Gasteiger partial charge in [-0.05, 0) is 6.42 Å². The Kier molecular flexibility index (Phi) is 3.99. The van der Waals surface area contributed by atoms with Gasteiger partial charge in [-0.2, -0.15) is 0 Å². The monoisotopic (exact) mass is 146 g/mol. The molecule has 5 N–H and O–H groups in total. The van der Waals surface area contributed by atoms with Crippen molar-refractivity contribution < 1.29 is 9.90 Å². The van der Waals surface area contributed by atoms with Gasteiger partial charge in [0.2, 0.25) is 0 Å². The number of hydrogen-bond donors (Lipinski definition) is 3. The summed E-state index contributed by atoms with van der Waals surface area (Å²) in [5.41, 5.74) is 10.9. The molecular formula is C6H14N2O2. The number of rotatable bonds is 4. The van der Waals surface area contributed by atoms with E-state index in [0.29, 0.717) is 6.42 Å². The van der Waals surface area contributed by atoms with Crippen LogP contribution in [0.2, 0.25) is 0 Å². The van der Waals surface area contributed by atoms with Gasteiger partial charge >= 0.3 is 5.97 Å². The molecule has 0 bridgehead atoms. The molecule has 0 aromatic rings. The minimum atomic E-state index is -0.892. The predicted octanol–water partition coefficient (Wildman–Crippen LogP) is -0.474. The van der Waals surface area contributed by atoms with Crippen LogP contribution in [0.4, 0.5) is 0 Å². The first-order chi connectivity index (χ1) is 4.57. The van der Waals surface area contributed by atoms with Crippen molar-refractivity contribution in [1.29, 1.82) is 0 Å². The molecule has 4 heteroatoms. The minimum absolute atomic E-state index is 0.0466. The fourth-order valence-corrected chi connectivity index (χ4v) is 0.656. The Morgan fingerprint density at radius 2 is 2.00 bits per heavy atom. The Balaban J connectivity index is 3.61. The fourth-order valence-electron chi connectivity index (χ4n) is 0.656. The lowest BCUT2D eigenvalue weighted by Crippen LogP contribution is -2.42. The van der Waals surface area contributed by atoms with Crippen molar-refractivity contribution in [3.63, 3.8) is 0 Å². The van der Waals surface area contributed by atoms with Crippen molar-refractivity contribution in [3.05, 3.63) is 0 Å². The highest BCUT2D eigenvalue weighted by molar-refractivity contribution is 5.67. The molecule has 2 atom stereocenters. The van der Waals surface area contributed by atoms with E-state index in [1.54, 1.807) is 0 Å². The lowest BCUT2D eigenvalue weighted by Gasteiger charge is -2.15. The van der Waals surface area contributed by atoms with Crippen molar-refractivity contribution in [2.75, 3.05) is 0 Å². The topological polar surface area (TPSA) is 89.3 Å². The Labute approximate surface area is 60.2 Å². The van der Waals surface area contributed by atoms with E-state index in [2.05, 4.69) is 0 Å². The summed E-state index contributed by atoms with van der Waals surface area (Å²) in [6.07, 6.45) is 0.670. The van der Waals surface area contributed by atoms with E-state index in [1.165, 1.54) is 0 Å². The van der Waals surface area contributed by atoms with Crippen LogP contribution < -0.4 is 11.5 Å². The average molecular weight is 146 g/mol. The molecule has 0 amide bonds. The van der Waals surface area contributed by atoms with Crippen LogP contribution in [-0.4, -0.2) is 23.2 Å². The molecule has 0 spiro atoms. The third kappa shape index (κ3) is 3.42. The molecule has 10 heavy (non-hydrogen) atoms. The maximum Gasteiger partial charge on any atom is 0.304 e. The second-order valence-electron chi connectivity index (χ2n) is 2.33. The molecule has 0 unspecified atom stereocenters. The highest BCUT2D eigenvalue weighted by Crippen LogP contribution is 1.96. The SMILES string of the molecule is CC[C@H](N)[C@@H](N)CC(=O)O. The average Bonchev–Trinajstić information content (AvgIpc) is 1.85. The van der Waals surface area contributed by atoms with E-state index in [-0.39, 0.29) is 12.5 Å². The number of aliphatic carboxylic acids is 1. The summed E-state index contributed by atoms with van der Waals surface area (Å²) in [6, 6.07) is -0.612. The van der Waals surface area contributed by atoms with Crippen LogP contribution in [0.25, 0.3) is 0 Å². The Bertz CT molecular complexity index is 116. The third-order valence-corrected chi connectivity index (χ3v) is 1.43. The zero-order valence-electron chi connectivity index (χ0n) is 6.08. The van der Waals surface area contributed by atoms with Crippen LogP contribution >= 0.6 is 0 Å². The lowest BCUT2D eigenvalue weighted by atomic mass is 10.1. The molecular weight excluding hydrogens is 132 g/mol. The zero-order chi connectivity index (χ0) is 8.15. The van der Waals surface area contributed by atoms with Gasteiger partial charge in [0, 0.05) is 12.1 Å². The molecule has 0 aliphatic carbocycles. The number of hydrogen-bond acceptors (Lipinski definition) is 3. The molecule has 4 nitrogen and oxygen atoms in total. The van der Waals surface area contributed by atoms with Crippen LogP contribution in [0, 0.1) is 0 Å². The summed E-state index contributed by atoms with van der Waals surface area (Å²) in [7, 11) is 0. The highest BCUT2D eigenvalue weighted by atomic mass is 16.4. The molecule has 0 saturated carbocycles. The minimum Gasteiger partial charge on any atom is -0.481 e. The van der Waals surface area contributed by atoms with Gasteiger partial charge in [-0.15, -0.1) is 0 Å². The van der Waals surface area contributed by atoms with E-state index in [9.17, 15) is 4.79 Å². The van der Waals surface area contributed by atoms with Gasteiger partial charge in [-0.25, -0.2) is 0 Å². The maximum atomic E-state index is 10.1. The molecule has 0 aromatic carbocycles. The van der Waals surface area contributed by atoms with Gasteiger partial charge in [0.1, 0.15) is 0 Å². The summed E-state index contributed by atoms with van der Waals surface area (Å²) in [6.45, 7) is 1.88. The van der Waals surface area contributed by atoms with Crippen molar-refractivity contribution in [3.8, 4) is 0 Å². The van der Waals surface area contributed by atoms with E-state index in [1.807, 2.05) is 6.92 Å². The van der Waals surface area contributed by atoms with Gasteiger partial charge in [0.15, 0.2) is 0 Å². The lowest BCUT2D eigenvalue weighted by molar-refractivity contribution is -0.137. The molecule has 0 saturated heterocycles. The molecule has 60 valence electrons. The zero-order valence-corrected chi connectivity index (χ0v) is 6.08. The van der Waals surface area contributed by atoms with Crippen LogP contribution in [0.3, 0.4) is 0 Å². The van der Waals surface area contributed by atoms with E-state index < -0.39 is 12.0 Å². The summed E-state index contributed by atoms with van der Waals surface area (Å²) < 4.78 is 0. The molecule has 0 fully saturated rings. The molecule has 0 heterocycles. The second kappa shape index (κ2) is 4.24. The van der Waals surface area contributed by atoms with Crippen molar-refractivity contribution in [2.45, 2.75) is 31.8 Å². The normalized spacial score (nSPS) is 16.3. The van der Waals surface area contributed by atoms with Crippen LogP contribution in [-0.2, 0) is 4.79 Å². The van der Waals surface area contributed by atoms with Crippen molar-refractivity contribution in [1.82, 2.24) is 0 Å². The molecule has 0 radical (unpaired) electrons. The van der Waals surface area contributed by atoms with Gasteiger partial charge in [0.05, 0.1) is 6.42 Å². The smallest absolute Gasteiger partial charge is 0.304 e. The molecule has 0 aliphatic heterocycles. The van der Waals surface area contributed by atoms with Crippen molar-refractivity contribution >= 4 is 5.97 Å². The number of carboxylic acids is 1.